The van der Waals surface area contributed by atoms with Crippen LogP contribution in [0.5, 0.6) is 0 Å². The van der Waals surface area contributed by atoms with Crippen molar-refractivity contribution in [3.63, 3.8) is 0 Å². The van der Waals surface area contributed by atoms with Gasteiger partial charge in [-0.1, -0.05) is 13.8 Å². The Kier molecular flexibility index (Phi) is 4.92. The van der Waals surface area contributed by atoms with Crippen molar-refractivity contribution >= 4 is 16.7 Å². The molecule has 1 aliphatic rings. The topological polar surface area (TPSA) is 3.24 Å². The SMILES string of the molecule is CCN(CC)P1CCPCC1. The van der Waals surface area contributed by atoms with E-state index in [1.165, 1.54) is 46.3 Å². The van der Waals surface area contributed by atoms with Crippen LogP contribution in [0.2, 0.25) is 0 Å². The first-order valence-corrected chi connectivity index (χ1v) is 7.67. The third-order valence-electron chi connectivity index (χ3n) is 2.22. The van der Waals surface area contributed by atoms with Gasteiger partial charge in [0.1, 0.15) is 0 Å². The molecule has 0 N–H and O–H groups in total. The lowest BCUT2D eigenvalue weighted by Gasteiger charge is -2.32. The van der Waals surface area contributed by atoms with Gasteiger partial charge >= 0.3 is 0 Å². The normalized spacial score (nSPS) is 28.1. The van der Waals surface area contributed by atoms with Crippen LogP contribution in [0.25, 0.3) is 0 Å². The Hall–Kier alpha value is 0.820. The molecule has 0 radical (unpaired) electrons. The van der Waals surface area contributed by atoms with Crippen molar-refractivity contribution < 1.29 is 0 Å². The van der Waals surface area contributed by atoms with Crippen LogP contribution >= 0.6 is 16.7 Å². The molecule has 0 aliphatic carbocycles. The van der Waals surface area contributed by atoms with Gasteiger partial charge in [-0.2, -0.15) is 0 Å². The quantitative estimate of drug-likeness (QED) is 0.619. The Labute approximate surface area is 73.5 Å². The van der Waals surface area contributed by atoms with Crippen LogP contribution in [0.4, 0.5) is 0 Å². The van der Waals surface area contributed by atoms with Gasteiger partial charge in [-0.25, -0.2) is 0 Å². The summed E-state index contributed by atoms with van der Waals surface area (Å²) in [5.74, 6) is 0. The third kappa shape index (κ3) is 2.98. The van der Waals surface area contributed by atoms with Crippen LogP contribution in [-0.2, 0) is 0 Å². The second-order valence-electron chi connectivity index (χ2n) is 2.84. The first kappa shape index (κ1) is 9.90. The smallest absolute Gasteiger partial charge is 0.000766 e. The zero-order valence-electron chi connectivity index (χ0n) is 7.64. The zero-order valence-corrected chi connectivity index (χ0v) is 9.53. The molecular formula is C8H19NP2. The van der Waals surface area contributed by atoms with Crippen LogP contribution < -0.4 is 0 Å². The molecule has 0 atom stereocenters. The van der Waals surface area contributed by atoms with E-state index in [0.29, 0.717) is 8.07 Å². The highest BCUT2D eigenvalue weighted by Gasteiger charge is 2.17. The van der Waals surface area contributed by atoms with Crippen molar-refractivity contribution in [1.82, 2.24) is 4.67 Å². The summed E-state index contributed by atoms with van der Waals surface area (Å²) in [4.78, 5) is 0. The highest BCUT2D eigenvalue weighted by Crippen LogP contribution is 2.45. The second kappa shape index (κ2) is 5.46. The molecule has 0 unspecified atom stereocenters. The van der Waals surface area contributed by atoms with Gasteiger partial charge in [0.15, 0.2) is 0 Å². The summed E-state index contributed by atoms with van der Waals surface area (Å²) in [6.07, 6.45) is 6.08. The van der Waals surface area contributed by atoms with E-state index in [-0.39, 0.29) is 0 Å². The van der Waals surface area contributed by atoms with Gasteiger partial charge in [-0.3, -0.25) is 4.67 Å². The molecule has 0 spiro atoms. The minimum atomic E-state index is 0.305. The summed E-state index contributed by atoms with van der Waals surface area (Å²) in [5, 5.41) is 0. The van der Waals surface area contributed by atoms with E-state index < -0.39 is 0 Å². The summed E-state index contributed by atoms with van der Waals surface area (Å²) in [7, 11) is 1.58. The zero-order chi connectivity index (χ0) is 8.10. The minimum absolute atomic E-state index is 0.305. The number of nitrogens with zero attached hydrogens (tertiary/aromatic N) is 1. The fourth-order valence-corrected chi connectivity index (χ4v) is 6.73. The molecule has 1 aliphatic heterocycles. The minimum Gasteiger partial charge on any atom is -0.282 e. The average Bonchev–Trinajstić information content (AvgIpc) is 2.09. The molecule has 0 amide bonds. The van der Waals surface area contributed by atoms with E-state index in [9.17, 15) is 0 Å². The van der Waals surface area contributed by atoms with Gasteiger partial charge in [-0.15, -0.1) is 8.58 Å². The van der Waals surface area contributed by atoms with E-state index in [0.717, 1.165) is 0 Å². The number of hydrogen-bond donors (Lipinski definition) is 0. The molecule has 11 heavy (non-hydrogen) atoms. The molecule has 1 saturated heterocycles. The van der Waals surface area contributed by atoms with E-state index in [1.807, 2.05) is 0 Å². The molecule has 0 aromatic carbocycles. The van der Waals surface area contributed by atoms with Crippen molar-refractivity contribution in [1.29, 1.82) is 0 Å². The number of hydrogen-bond acceptors (Lipinski definition) is 1. The molecule has 66 valence electrons. The fraction of sp³-hybridized carbons (Fsp3) is 1.00. The second-order valence-corrected chi connectivity index (χ2v) is 6.82. The first-order valence-electron chi connectivity index (χ1n) is 4.59. The lowest BCUT2D eigenvalue weighted by Crippen LogP contribution is -2.22. The van der Waals surface area contributed by atoms with Crippen LogP contribution in [-0.4, -0.2) is 42.4 Å². The molecule has 0 bridgehead atoms. The Balaban J connectivity index is 2.30. The van der Waals surface area contributed by atoms with Gasteiger partial charge in [-0.05, 0) is 45.8 Å². The summed E-state index contributed by atoms with van der Waals surface area (Å²) >= 11 is 0. The largest absolute Gasteiger partial charge is 0.282 e. The van der Waals surface area contributed by atoms with Crippen molar-refractivity contribution in [2.45, 2.75) is 13.8 Å². The summed E-state index contributed by atoms with van der Waals surface area (Å²) < 4.78 is 2.68. The molecule has 0 saturated carbocycles. The lowest BCUT2D eigenvalue weighted by molar-refractivity contribution is 0.506. The Morgan fingerprint density at radius 3 is 2.18 bits per heavy atom. The maximum absolute atomic E-state index is 2.68. The van der Waals surface area contributed by atoms with Crippen molar-refractivity contribution in [2.24, 2.45) is 0 Å². The van der Waals surface area contributed by atoms with E-state index >= 15 is 0 Å². The van der Waals surface area contributed by atoms with Crippen molar-refractivity contribution in [2.75, 3.05) is 37.7 Å². The summed E-state index contributed by atoms with van der Waals surface area (Å²) in [6, 6.07) is 0. The monoisotopic (exact) mass is 191 g/mol. The Morgan fingerprint density at radius 2 is 1.73 bits per heavy atom. The van der Waals surface area contributed by atoms with E-state index in [4.69, 9.17) is 0 Å². The fourth-order valence-electron chi connectivity index (χ4n) is 1.56. The van der Waals surface area contributed by atoms with Gasteiger partial charge in [0.25, 0.3) is 0 Å². The van der Waals surface area contributed by atoms with Gasteiger partial charge in [0.05, 0.1) is 0 Å². The average molecular weight is 191 g/mol. The van der Waals surface area contributed by atoms with Gasteiger partial charge in [0.2, 0.25) is 0 Å². The maximum atomic E-state index is 2.68. The Morgan fingerprint density at radius 1 is 1.18 bits per heavy atom. The molecule has 1 heterocycles. The van der Waals surface area contributed by atoms with Gasteiger partial charge < -0.3 is 0 Å². The van der Waals surface area contributed by atoms with Crippen LogP contribution in [0.15, 0.2) is 0 Å². The van der Waals surface area contributed by atoms with Crippen molar-refractivity contribution in [3.05, 3.63) is 0 Å². The molecule has 1 rings (SSSR count). The summed E-state index contributed by atoms with van der Waals surface area (Å²) in [5.41, 5.74) is 0. The molecule has 1 fully saturated rings. The van der Waals surface area contributed by atoms with Crippen LogP contribution in [0.1, 0.15) is 13.8 Å². The summed E-state index contributed by atoms with van der Waals surface area (Å²) in [6.45, 7) is 7.13. The van der Waals surface area contributed by atoms with E-state index in [1.54, 1.807) is 0 Å². The molecule has 0 aromatic heterocycles. The van der Waals surface area contributed by atoms with E-state index in [2.05, 4.69) is 18.5 Å². The maximum Gasteiger partial charge on any atom is -0.000766 e. The molecule has 1 nitrogen and oxygen atoms in total. The highest BCUT2D eigenvalue weighted by atomic mass is 31.1. The van der Waals surface area contributed by atoms with Gasteiger partial charge in [0, 0.05) is 0 Å². The number of rotatable bonds is 3. The lowest BCUT2D eigenvalue weighted by atomic mass is 10.7. The highest BCUT2D eigenvalue weighted by molar-refractivity contribution is 7.58. The van der Waals surface area contributed by atoms with Crippen LogP contribution in [0.3, 0.4) is 0 Å². The predicted molar refractivity (Wildman–Crippen MR) is 57.6 cm³/mol. The molecular weight excluding hydrogens is 172 g/mol. The van der Waals surface area contributed by atoms with Crippen molar-refractivity contribution in [3.8, 4) is 0 Å². The van der Waals surface area contributed by atoms with Crippen LogP contribution in [0, 0.1) is 0 Å². The third-order valence-corrected chi connectivity index (χ3v) is 7.12. The first-order chi connectivity index (χ1) is 5.38. The Bertz CT molecular complexity index is 98.3. The standard InChI is InChI=1S/C8H19NP2/c1-3-9(4-2)11-7-5-10-6-8-11/h10H,3-8H2,1-2H3. The molecule has 3 heteroatoms. The molecule has 0 aromatic rings. The predicted octanol–water partition coefficient (Wildman–Crippen LogP) is 2.42.